The number of nitrogens with two attached hydrogens (primary N) is 1. The number of carbonyl (C=O) groups excluding carboxylic acids is 2. The monoisotopic (exact) mass is 1040 g/mol. The van der Waals surface area contributed by atoms with E-state index in [9.17, 15) is 19.0 Å². The van der Waals surface area contributed by atoms with E-state index in [0.29, 0.717) is 6.42 Å². The molecule has 0 aliphatic carbocycles. The number of carbonyl (C=O) groups is 2. The van der Waals surface area contributed by atoms with E-state index < -0.39 is 26.5 Å². The van der Waals surface area contributed by atoms with Gasteiger partial charge in [0, 0.05) is 19.4 Å². The van der Waals surface area contributed by atoms with E-state index in [1.807, 2.05) is 0 Å². The molecule has 0 aromatic rings. The van der Waals surface area contributed by atoms with Crippen LogP contribution in [0.25, 0.3) is 0 Å². The first kappa shape index (κ1) is 69.9. The second-order valence-electron chi connectivity index (χ2n) is 19.5. The van der Waals surface area contributed by atoms with Crippen LogP contribution < -0.4 is 5.73 Å². The maximum absolute atomic E-state index is 12.7. The van der Waals surface area contributed by atoms with Gasteiger partial charge in [-0.05, 0) is 77.0 Å². The number of phosphoric ester groups is 1. The molecule has 0 aliphatic rings. The Labute approximate surface area is 448 Å². The number of phosphoric acid groups is 1. The molecule has 0 aromatic heterocycles. The fraction of sp³-hybridized carbons (Fsp3) is 0.714. The Kier molecular flexibility index (Phi) is 55.7. The minimum Gasteiger partial charge on any atom is -0.462 e. The maximum atomic E-state index is 12.7. The number of rotatable bonds is 55. The number of hydrogen-bond donors (Lipinski definition) is 2. The summed E-state index contributed by atoms with van der Waals surface area (Å²) in [7, 11) is -4.39. The van der Waals surface area contributed by atoms with E-state index >= 15 is 0 Å². The molecule has 0 saturated carbocycles. The smallest absolute Gasteiger partial charge is 0.462 e. The normalized spacial score (nSPS) is 13.8. The molecule has 420 valence electrons. The summed E-state index contributed by atoms with van der Waals surface area (Å²) in [4.78, 5) is 35.1. The molecule has 2 unspecified atom stereocenters. The summed E-state index contributed by atoms with van der Waals surface area (Å²) in [5, 5.41) is 0. The third-order valence-electron chi connectivity index (χ3n) is 12.5. The second-order valence-corrected chi connectivity index (χ2v) is 20.9. The predicted octanol–water partition coefficient (Wildman–Crippen LogP) is 18.8. The average Bonchev–Trinajstić information content (AvgIpc) is 3.38. The van der Waals surface area contributed by atoms with Gasteiger partial charge in [0.1, 0.15) is 6.61 Å². The molecule has 3 N–H and O–H groups in total. The highest BCUT2D eigenvalue weighted by Crippen LogP contribution is 2.43. The summed E-state index contributed by atoms with van der Waals surface area (Å²) in [6, 6.07) is 0. The zero-order chi connectivity index (χ0) is 53.1. The lowest BCUT2D eigenvalue weighted by atomic mass is 10.0. The van der Waals surface area contributed by atoms with Crippen LogP contribution in [0.4, 0.5) is 0 Å². The molecule has 9 nitrogen and oxygen atoms in total. The fourth-order valence-corrected chi connectivity index (χ4v) is 8.89. The quantitative estimate of drug-likeness (QED) is 0.0264. The van der Waals surface area contributed by atoms with E-state index in [1.54, 1.807) is 0 Å². The Morgan fingerprint density at radius 1 is 0.425 bits per heavy atom. The van der Waals surface area contributed by atoms with E-state index in [2.05, 4.69) is 111 Å². The molecule has 0 saturated heterocycles. The Balaban J connectivity index is 3.93. The third kappa shape index (κ3) is 58.1. The van der Waals surface area contributed by atoms with Crippen molar-refractivity contribution in [3.8, 4) is 0 Å². The topological polar surface area (TPSA) is 134 Å². The van der Waals surface area contributed by atoms with Crippen LogP contribution in [0.1, 0.15) is 258 Å². The molecule has 0 aliphatic heterocycles. The number of allylic oxidation sites excluding steroid dienone is 16. The Morgan fingerprint density at radius 3 is 1.12 bits per heavy atom. The third-order valence-corrected chi connectivity index (χ3v) is 13.5. The molecule has 0 heterocycles. The number of hydrogen-bond acceptors (Lipinski definition) is 8. The summed E-state index contributed by atoms with van der Waals surface area (Å²) in [5.74, 6) is -0.825. The summed E-state index contributed by atoms with van der Waals surface area (Å²) in [6.45, 7) is 3.64. The van der Waals surface area contributed by atoms with Gasteiger partial charge < -0.3 is 20.1 Å². The van der Waals surface area contributed by atoms with Gasteiger partial charge in [0.2, 0.25) is 0 Å². The zero-order valence-corrected chi connectivity index (χ0v) is 47.7. The van der Waals surface area contributed by atoms with Crippen molar-refractivity contribution in [2.75, 3.05) is 26.4 Å². The molecule has 0 spiro atoms. The average molecular weight is 1040 g/mol. The van der Waals surface area contributed by atoms with E-state index in [1.165, 1.54) is 135 Å². The van der Waals surface area contributed by atoms with Crippen molar-refractivity contribution in [3.63, 3.8) is 0 Å². The van der Waals surface area contributed by atoms with Crippen LogP contribution in [-0.2, 0) is 32.7 Å². The summed E-state index contributed by atoms with van der Waals surface area (Å²) < 4.78 is 33.0. The number of esters is 2. The molecule has 0 rings (SSSR count). The van der Waals surface area contributed by atoms with Crippen LogP contribution in [0.5, 0.6) is 0 Å². The molecule has 73 heavy (non-hydrogen) atoms. The first-order valence-corrected chi connectivity index (χ1v) is 31.2. The van der Waals surface area contributed by atoms with E-state index in [4.69, 9.17) is 24.3 Å². The van der Waals surface area contributed by atoms with Gasteiger partial charge in [-0.2, -0.15) is 0 Å². The van der Waals surface area contributed by atoms with Crippen LogP contribution >= 0.6 is 7.82 Å². The van der Waals surface area contributed by atoms with Crippen molar-refractivity contribution >= 4 is 19.8 Å². The first-order valence-electron chi connectivity index (χ1n) is 29.7. The highest BCUT2D eigenvalue weighted by atomic mass is 31.2. The van der Waals surface area contributed by atoms with Crippen molar-refractivity contribution in [1.82, 2.24) is 0 Å². The van der Waals surface area contributed by atoms with Crippen molar-refractivity contribution in [1.29, 1.82) is 0 Å². The molecule has 0 radical (unpaired) electrons. The number of unbranched alkanes of at least 4 members (excludes halogenated alkanes) is 26. The highest BCUT2D eigenvalue weighted by molar-refractivity contribution is 7.47. The van der Waals surface area contributed by atoms with Gasteiger partial charge in [-0.25, -0.2) is 4.57 Å². The van der Waals surface area contributed by atoms with E-state index in [-0.39, 0.29) is 38.6 Å². The van der Waals surface area contributed by atoms with Gasteiger partial charge in [0.15, 0.2) is 6.10 Å². The molecular formula is C63H110NO8P. The largest absolute Gasteiger partial charge is 0.472 e. The van der Waals surface area contributed by atoms with Crippen LogP contribution in [0.2, 0.25) is 0 Å². The molecule has 2 atom stereocenters. The SMILES string of the molecule is CC/C=C\C/C=C\C/C=C\C/C=C\C/C=C\C/C=C\C/C=C\C/C=C\CCCCCCCCCCCCCCC(=O)OC(COC(=O)CCCCCCCCCCCCCCCCC)COP(=O)(O)OCCN. The molecule has 0 bridgehead atoms. The lowest BCUT2D eigenvalue weighted by Gasteiger charge is -2.19. The lowest BCUT2D eigenvalue weighted by Crippen LogP contribution is -2.29. The standard InChI is InChI=1S/C63H110NO8P/c1-3-5-7-9-11-13-15-17-19-20-21-22-23-24-25-26-27-28-29-30-31-32-33-34-35-36-37-38-39-40-42-44-46-48-50-52-54-56-63(66)72-61(60-71-73(67,68)70-58-57-64)59-69-62(65)55-53-51-49-47-45-43-41-18-16-14-12-10-8-6-4-2/h5,7,11,13,17,19,21-22,24-25,27-28,30-31,33-34,61H,3-4,6,8-10,12,14-16,18,20,23,26,29,32,35-60,64H2,1-2H3,(H,67,68)/b7-5-,13-11-,19-17-,22-21-,25-24-,28-27-,31-30-,34-33-. The first-order chi connectivity index (χ1) is 35.8. The van der Waals surface area contributed by atoms with Gasteiger partial charge in [-0.1, -0.05) is 265 Å². The van der Waals surface area contributed by atoms with E-state index in [0.717, 1.165) is 89.9 Å². The van der Waals surface area contributed by atoms with Crippen molar-refractivity contribution < 1.29 is 37.6 Å². The van der Waals surface area contributed by atoms with Crippen molar-refractivity contribution in [2.24, 2.45) is 5.73 Å². The Bertz CT molecular complexity index is 1510. The van der Waals surface area contributed by atoms with Gasteiger partial charge in [-0.15, -0.1) is 0 Å². The highest BCUT2D eigenvalue weighted by Gasteiger charge is 2.26. The minimum absolute atomic E-state index is 0.0512. The summed E-state index contributed by atoms with van der Waals surface area (Å²) in [6.07, 6.45) is 77.5. The minimum atomic E-state index is -4.39. The Hall–Kier alpha value is -3.07. The van der Waals surface area contributed by atoms with Gasteiger partial charge in [0.25, 0.3) is 0 Å². The van der Waals surface area contributed by atoms with Crippen molar-refractivity contribution in [2.45, 2.75) is 264 Å². The van der Waals surface area contributed by atoms with Gasteiger partial charge >= 0.3 is 19.8 Å². The molecule has 10 heteroatoms. The van der Waals surface area contributed by atoms with Crippen LogP contribution in [-0.4, -0.2) is 49.3 Å². The van der Waals surface area contributed by atoms with Gasteiger partial charge in [-0.3, -0.25) is 18.6 Å². The summed E-state index contributed by atoms with van der Waals surface area (Å²) in [5.41, 5.74) is 5.38. The van der Waals surface area contributed by atoms with Crippen LogP contribution in [0.15, 0.2) is 97.2 Å². The Morgan fingerprint density at radius 2 is 0.753 bits per heavy atom. The second kappa shape index (κ2) is 58.2. The summed E-state index contributed by atoms with van der Waals surface area (Å²) >= 11 is 0. The maximum Gasteiger partial charge on any atom is 0.472 e. The van der Waals surface area contributed by atoms with Crippen molar-refractivity contribution in [3.05, 3.63) is 97.2 Å². The molecular weight excluding hydrogens is 930 g/mol. The number of ether oxygens (including phenoxy) is 2. The van der Waals surface area contributed by atoms with Crippen LogP contribution in [0, 0.1) is 0 Å². The molecule has 0 aromatic carbocycles. The fourth-order valence-electron chi connectivity index (χ4n) is 8.12. The molecule has 0 fully saturated rings. The van der Waals surface area contributed by atoms with Gasteiger partial charge in [0.05, 0.1) is 13.2 Å². The van der Waals surface area contributed by atoms with Crippen LogP contribution in [0.3, 0.4) is 0 Å². The molecule has 0 amide bonds. The zero-order valence-electron chi connectivity index (χ0n) is 46.8. The predicted molar refractivity (Wildman–Crippen MR) is 312 cm³/mol. The lowest BCUT2D eigenvalue weighted by molar-refractivity contribution is -0.161.